The summed E-state index contributed by atoms with van der Waals surface area (Å²) in [5, 5.41) is 8.77. The Bertz CT molecular complexity index is 273. The van der Waals surface area contributed by atoms with Gasteiger partial charge in [0, 0.05) is 0 Å². The number of aromatic hydroxyl groups is 1. The lowest BCUT2D eigenvalue weighted by Crippen LogP contribution is -1.96. The Morgan fingerprint density at radius 3 is 2.55 bits per heavy atom. The van der Waals surface area contributed by atoms with Gasteiger partial charge in [-0.3, -0.25) is 0 Å². The molecular formula is C7H7F2NO. The molecule has 1 aromatic carbocycles. The van der Waals surface area contributed by atoms with E-state index in [0.29, 0.717) is 0 Å². The van der Waals surface area contributed by atoms with Gasteiger partial charge in [-0.25, -0.2) is 8.78 Å². The molecule has 0 saturated carbocycles. The summed E-state index contributed by atoms with van der Waals surface area (Å²) in [5.74, 6) is -2.50. The highest BCUT2D eigenvalue weighted by atomic mass is 19.1. The maximum absolute atomic E-state index is 12.7. The van der Waals surface area contributed by atoms with Crippen molar-refractivity contribution in [2.45, 2.75) is 6.92 Å². The van der Waals surface area contributed by atoms with Crippen molar-refractivity contribution < 1.29 is 13.9 Å². The summed E-state index contributed by atoms with van der Waals surface area (Å²) >= 11 is 0. The van der Waals surface area contributed by atoms with Gasteiger partial charge in [0.05, 0.1) is 0 Å². The largest absolute Gasteiger partial charge is 0.503 e. The van der Waals surface area contributed by atoms with Crippen LogP contribution in [0.15, 0.2) is 6.07 Å². The zero-order valence-electron chi connectivity index (χ0n) is 5.86. The number of rotatable bonds is 0. The standard InChI is InChI=1S/C7H7F2NO/c1-3-2-4(8)7(11)6(10)5(3)9/h2,11H,10H2,1H3. The highest BCUT2D eigenvalue weighted by molar-refractivity contribution is 5.55. The summed E-state index contributed by atoms with van der Waals surface area (Å²) in [6, 6.07) is 0.890. The summed E-state index contributed by atoms with van der Waals surface area (Å²) < 4.78 is 25.2. The fourth-order valence-corrected chi connectivity index (χ4v) is 0.767. The first-order valence-electron chi connectivity index (χ1n) is 2.97. The van der Waals surface area contributed by atoms with Crippen LogP contribution in [0, 0.1) is 18.6 Å². The van der Waals surface area contributed by atoms with Crippen molar-refractivity contribution in [1.29, 1.82) is 0 Å². The first-order chi connectivity index (χ1) is 5.04. The van der Waals surface area contributed by atoms with Gasteiger partial charge < -0.3 is 10.8 Å². The lowest BCUT2D eigenvalue weighted by Gasteiger charge is -2.03. The molecule has 0 spiro atoms. The third-order valence-corrected chi connectivity index (χ3v) is 1.41. The number of nitrogens with two attached hydrogens (primary N) is 1. The molecule has 0 atom stereocenters. The van der Waals surface area contributed by atoms with Gasteiger partial charge in [0.1, 0.15) is 5.69 Å². The van der Waals surface area contributed by atoms with Crippen LogP contribution in [-0.4, -0.2) is 5.11 Å². The molecule has 0 aliphatic carbocycles. The van der Waals surface area contributed by atoms with Crippen LogP contribution in [0.1, 0.15) is 5.56 Å². The highest BCUT2D eigenvalue weighted by Gasteiger charge is 2.12. The Balaban J connectivity index is 3.46. The van der Waals surface area contributed by atoms with Crippen LogP contribution in [0.25, 0.3) is 0 Å². The smallest absolute Gasteiger partial charge is 0.177 e. The summed E-state index contributed by atoms with van der Waals surface area (Å²) in [6.07, 6.45) is 0. The molecule has 0 bridgehead atoms. The zero-order valence-corrected chi connectivity index (χ0v) is 5.86. The van der Waals surface area contributed by atoms with Crippen molar-refractivity contribution in [2.24, 2.45) is 0 Å². The molecule has 3 N–H and O–H groups in total. The Kier molecular flexibility index (Phi) is 1.68. The van der Waals surface area contributed by atoms with E-state index in [2.05, 4.69) is 0 Å². The normalized spacial score (nSPS) is 10.1. The number of hydrogen-bond donors (Lipinski definition) is 2. The predicted octanol–water partition coefficient (Wildman–Crippen LogP) is 1.56. The second-order valence-electron chi connectivity index (χ2n) is 2.25. The molecular weight excluding hydrogens is 152 g/mol. The van der Waals surface area contributed by atoms with Gasteiger partial charge in [-0.15, -0.1) is 0 Å². The number of aryl methyl sites for hydroxylation is 1. The fourth-order valence-electron chi connectivity index (χ4n) is 0.767. The SMILES string of the molecule is Cc1cc(F)c(O)c(N)c1F. The molecule has 0 aliphatic heterocycles. The predicted molar refractivity (Wildman–Crippen MR) is 37.2 cm³/mol. The Labute approximate surface area is 62.3 Å². The van der Waals surface area contributed by atoms with Crippen LogP contribution >= 0.6 is 0 Å². The lowest BCUT2D eigenvalue weighted by atomic mass is 10.2. The third kappa shape index (κ3) is 1.11. The fraction of sp³-hybridized carbons (Fsp3) is 0.143. The van der Waals surface area contributed by atoms with Crippen molar-refractivity contribution in [2.75, 3.05) is 5.73 Å². The average Bonchev–Trinajstić information content (AvgIpc) is 1.97. The van der Waals surface area contributed by atoms with Crippen molar-refractivity contribution in [3.8, 4) is 5.75 Å². The van der Waals surface area contributed by atoms with E-state index in [1.165, 1.54) is 6.92 Å². The van der Waals surface area contributed by atoms with Crippen LogP contribution in [0.2, 0.25) is 0 Å². The average molecular weight is 159 g/mol. The van der Waals surface area contributed by atoms with E-state index in [0.717, 1.165) is 6.07 Å². The number of phenols is 1. The number of halogens is 2. The van der Waals surface area contributed by atoms with Gasteiger partial charge >= 0.3 is 0 Å². The molecule has 2 nitrogen and oxygen atoms in total. The number of benzene rings is 1. The van der Waals surface area contributed by atoms with Crippen LogP contribution in [-0.2, 0) is 0 Å². The van der Waals surface area contributed by atoms with E-state index in [1.807, 2.05) is 0 Å². The molecule has 0 unspecified atom stereocenters. The topological polar surface area (TPSA) is 46.2 Å². The van der Waals surface area contributed by atoms with E-state index >= 15 is 0 Å². The van der Waals surface area contributed by atoms with Gasteiger partial charge in [0.2, 0.25) is 0 Å². The minimum atomic E-state index is -0.901. The summed E-state index contributed by atoms with van der Waals surface area (Å²) in [5.41, 5.74) is 4.56. The molecule has 60 valence electrons. The zero-order chi connectivity index (χ0) is 8.59. The molecule has 1 rings (SSSR count). The Hall–Kier alpha value is -1.32. The van der Waals surface area contributed by atoms with E-state index in [4.69, 9.17) is 10.8 Å². The van der Waals surface area contributed by atoms with E-state index in [-0.39, 0.29) is 5.56 Å². The first-order valence-corrected chi connectivity index (χ1v) is 2.97. The summed E-state index contributed by atoms with van der Waals surface area (Å²) in [7, 11) is 0. The first kappa shape index (κ1) is 7.78. The second kappa shape index (κ2) is 2.38. The van der Waals surface area contributed by atoms with E-state index in [1.54, 1.807) is 0 Å². The Morgan fingerprint density at radius 1 is 1.45 bits per heavy atom. The Morgan fingerprint density at radius 2 is 2.00 bits per heavy atom. The molecule has 0 heterocycles. The van der Waals surface area contributed by atoms with Crippen molar-refractivity contribution in [3.05, 3.63) is 23.3 Å². The van der Waals surface area contributed by atoms with Gasteiger partial charge in [-0.1, -0.05) is 0 Å². The van der Waals surface area contributed by atoms with Crippen LogP contribution in [0.4, 0.5) is 14.5 Å². The van der Waals surface area contributed by atoms with Crippen LogP contribution in [0.3, 0.4) is 0 Å². The summed E-state index contributed by atoms with van der Waals surface area (Å²) in [4.78, 5) is 0. The summed E-state index contributed by atoms with van der Waals surface area (Å²) in [6.45, 7) is 1.37. The molecule has 0 fully saturated rings. The maximum atomic E-state index is 12.7. The minimum absolute atomic E-state index is 0.0813. The molecule has 0 aliphatic rings. The molecule has 11 heavy (non-hydrogen) atoms. The van der Waals surface area contributed by atoms with E-state index in [9.17, 15) is 8.78 Å². The minimum Gasteiger partial charge on any atom is -0.503 e. The van der Waals surface area contributed by atoms with Crippen molar-refractivity contribution in [3.63, 3.8) is 0 Å². The quantitative estimate of drug-likeness (QED) is 0.445. The number of nitrogen functional groups attached to an aromatic ring is 1. The van der Waals surface area contributed by atoms with Crippen LogP contribution < -0.4 is 5.73 Å². The van der Waals surface area contributed by atoms with Crippen LogP contribution in [0.5, 0.6) is 5.75 Å². The molecule has 0 aromatic heterocycles. The lowest BCUT2D eigenvalue weighted by molar-refractivity contribution is 0.429. The van der Waals surface area contributed by atoms with Gasteiger partial charge in [-0.05, 0) is 18.6 Å². The molecule has 4 heteroatoms. The monoisotopic (exact) mass is 159 g/mol. The number of phenolic OH excluding ortho intramolecular Hbond substituents is 1. The third-order valence-electron chi connectivity index (χ3n) is 1.41. The maximum Gasteiger partial charge on any atom is 0.177 e. The van der Waals surface area contributed by atoms with Crippen molar-refractivity contribution >= 4 is 5.69 Å². The number of hydrogen-bond acceptors (Lipinski definition) is 2. The van der Waals surface area contributed by atoms with Gasteiger partial charge in [0.15, 0.2) is 17.4 Å². The van der Waals surface area contributed by atoms with E-state index < -0.39 is 23.1 Å². The molecule has 0 saturated heterocycles. The second-order valence-corrected chi connectivity index (χ2v) is 2.25. The van der Waals surface area contributed by atoms with Gasteiger partial charge in [-0.2, -0.15) is 0 Å². The number of anilines is 1. The highest BCUT2D eigenvalue weighted by Crippen LogP contribution is 2.28. The van der Waals surface area contributed by atoms with Gasteiger partial charge in [0.25, 0.3) is 0 Å². The molecule has 0 amide bonds. The van der Waals surface area contributed by atoms with Crippen molar-refractivity contribution in [1.82, 2.24) is 0 Å². The molecule has 1 aromatic rings. The molecule has 0 radical (unpaired) electrons.